The van der Waals surface area contributed by atoms with Crippen LogP contribution >= 0.6 is 12.4 Å². The molecule has 2 rings (SSSR count). The first-order valence-electron chi connectivity index (χ1n) is 3.72. The summed E-state index contributed by atoms with van der Waals surface area (Å²) < 4.78 is 5.17. The molecule has 0 radical (unpaired) electrons. The van der Waals surface area contributed by atoms with Crippen LogP contribution < -0.4 is 10.5 Å². The van der Waals surface area contributed by atoms with Crippen LogP contribution in [-0.4, -0.2) is 12.1 Å². The highest BCUT2D eigenvalue weighted by Crippen LogP contribution is 2.27. The van der Waals surface area contributed by atoms with E-state index in [2.05, 4.69) is 4.98 Å². The molecule has 2 aromatic rings. The zero-order valence-electron chi connectivity index (χ0n) is 7.20. The summed E-state index contributed by atoms with van der Waals surface area (Å²) in [6, 6.07) is 5.67. The summed E-state index contributed by atoms with van der Waals surface area (Å²) in [4.78, 5) is 3.08. The second-order valence-electron chi connectivity index (χ2n) is 2.66. The van der Waals surface area contributed by atoms with Crippen LogP contribution in [0.1, 0.15) is 0 Å². The maximum absolute atomic E-state index is 5.66. The number of hydrogen-bond acceptors (Lipinski definition) is 2. The highest BCUT2D eigenvalue weighted by molar-refractivity contribution is 5.88. The molecule has 1 aromatic carbocycles. The lowest BCUT2D eigenvalue weighted by atomic mass is 10.2. The molecule has 4 heteroatoms. The molecule has 3 N–H and O–H groups in total. The van der Waals surface area contributed by atoms with Gasteiger partial charge in [0.05, 0.1) is 12.6 Å². The van der Waals surface area contributed by atoms with Crippen LogP contribution in [0, 0.1) is 0 Å². The van der Waals surface area contributed by atoms with Gasteiger partial charge in [-0.05, 0) is 12.1 Å². The first-order valence-corrected chi connectivity index (χ1v) is 3.72. The Labute approximate surface area is 82.3 Å². The Morgan fingerprint density at radius 1 is 1.38 bits per heavy atom. The summed E-state index contributed by atoms with van der Waals surface area (Å²) >= 11 is 0. The van der Waals surface area contributed by atoms with Gasteiger partial charge >= 0.3 is 0 Å². The number of H-pyrrole nitrogens is 1. The lowest BCUT2D eigenvalue weighted by molar-refractivity contribution is 0.420. The number of nitrogens with one attached hydrogen (secondary N) is 1. The highest BCUT2D eigenvalue weighted by Gasteiger charge is 2.02. The maximum atomic E-state index is 5.66. The van der Waals surface area contributed by atoms with E-state index in [1.165, 1.54) is 0 Å². The summed E-state index contributed by atoms with van der Waals surface area (Å²) in [6.45, 7) is 0. The predicted octanol–water partition coefficient (Wildman–Crippen LogP) is 2.18. The van der Waals surface area contributed by atoms with Crippen LogP contribution in [-0.2, 0) is 0 Å². The van der Waals surface area contributed by atoms with E-state index in [-0.39, 0.29) is 12.4 Å². The first kappa shape index (κ1) is 9.74. The number of nitrogens with two attached hydrogens (primary N) is 1. The molecule has 0 saturated carbocycles. The quantitative estimate of drug-likeness (QED) is 0.691. The number of benzene rings is 1. The number of ether oxygens (including phenoxy) is 1. The predicted molar refractivity (Wildman–Crippen MR) is 56.5 cm³/mol. The molecule has 0 bridgehead atoms. The van der Waals surface area contributed by atoms with E-state index in [0.717, 1.165) is 16.7 Å². The minimum Gasteiger partial charge on any atom is -0.496 e. The number of fused-ring (bicyclic) bond motifs is 1. The summed E-state index contributed by atoms with van der Waals surface area (Å²) in [6.07, 6.45) is 1.87. The topological polar surface area (TPSA) is 51.0 Å². The van der Waals surface area contributed by atoms with Crippen LogP contribution in [0.3, 0.4) is 0 Å². The molecule has 0 spiro atoms. The molecule has 0 fully saturated rings. The van der Waals surface area contributed by atoms with Gasteiger partial charge in [0.1, 0.15) is 5.75 Å². The molecule has 1 heterocycles. The number of aromatic amines is 1. The van der Waals surface area contributed by atoms with Gasteiger partial charge in [0.2, 0.25) is 0 Å². The number of methoxy groups -OCH3 is 1. The molecule has 13 heavy (non-hydrogen) atoms. The number of halogens is 1. The van der Waals surface area contributed by atoms with Gasteiger partial charge in [-0.25, -0.2) is 0 Å². The second kappa shape index (κ2) is 3.58. The lowest BCUT2D eigenvalue weighted by Gasteiger charge is -2.02. The maximum Gasteiger partial charge on any atom is 0.130 e. The van der Waals surface area contributed by atoms with Crippen molar-refractivity contribution >= 4 is 29.0 Å². The van der Waals surface area contributed by atoms with E-state index in [4.69, 9.17) is 10.5 Å². The average Bonchev–Trinajstić information content (AvgIpc) is 2.50. The SMILES string of the molecule is COc1cc(N)cc2[nH]ccc12.Cl. The van der Waals surface area contributed by atoms with Gasteiger partial charge in [0.15, 0.2) is 0 Å². The van der Waals surface area contributed by atoms with Gasteiger partial charge in [-0.1, -0.05) is 0 Å². The van der Waals surface area contributed by atoms with Gasteiger partial charge in [-0.15, -0.1) is 12.4 Å². The van der Waals surface area contributed by atoms with Crippen LogP contribution in [0.25, 0.3) is 10.9 Å². The fourth-order valence-corrected chi connectivity index (χ4v) is 1.32. The van der Waals surface area contributed by atoms with Gasteiger partial charge < -0.3 is 15.5 Å². The minimum atomic E-state index is 0. The second-order valence-corrected chi connectivity index (χ2v) is 2.66. The molecule has 70 valence electrons. The molecule has 0 saturated heterocycles. The van der Waals surface area contributed by atoms with E-state index in [1.54, 1.807) is 7.11 Å². The lowest BCUT2D eigenvalue weighted by Crippen LogP contribution is -1.88. The molecule has 1 aromatic heterocycles. The average molecular weight is 199 g/mol. The number of aromatic nitrogens is 1. The van der Waals surface area contributed by atoms with Crippen molar-refractivity contribution in [2.75, 3.05) is 12.8 Å². The molecule has 0 atom stereocenters. The molecule has 0 amide bonds. The summed E-state index contributed by atoms with van der Waals surface area (Å²) in [7, 11) is 1.64. The van der Waals surface area contributed by atoms with Crippen LogP contribution in [0.2, 0.25) is 0 Å². The third-order valence-corrected chi connectivity index (χ3v) is 1.87. The monoisotopic (exact) mass is 198 g/mol. The van der Waals surface area contributed by atoms with E-state index in [1.807, 2.05) is 24.4 Å². The first-order chi connectivity index (χ1) is 5.81. The number of rotatable bonds is 1. The zero-order valence-corrected chi connectivity index (χ0v) is 8.02. The van der Waals surface area contributed by atoms with E-state index < -0.39 is 0 Å². The Hall–Kier alpha value is -1.35. The third kappa shape index (κ3) is 1.55. The Morgan fingerprint density at radius 3 is 2.85 bits per heavy atom. The number of hydrogen-bond donors (Lipinski definition) is 2. The molecule has 0 aliphatic heterocycles. The van der Waals surface area contributed by atoms with E-state index in [9.17, 15) is 0 Å². The van der Waals surface area contributed by atoms with Crippen LogP contribution in [0.15, 0.2) is 24.4 Å². The fourth-order valence-electron chi connectivity index (χ4n) is 1.32. The van der Waals surface area contributed by atoms with Crippen LogP contribution in [0.4, 0.5) is 5.69 Å². The van der Waals surface area contributed by atoms with Gasteiger partial charge in [0, 0.05) is 23.3 Å². The molecular formula is C9H11ClN2O. The molecular weight excluding hydrogens is 188 g/mol. The molecule has 0 aliphatic rings. The largest absolute Gasteiger partial charge is 0.496 e. The Kier molecular flexibility index (Phi) is 2.68. The van der Waals surface area contributed by atoms with Crippen molar-refractivity contribution in [3.05, 3.63) is 24.4 Å². The minimum absolute atomic E-state index is 0. The van der Waals surface area contributed by atoms with E-state index >= 15 is 0 Å². The van der Waals surface area contributed by atoms with Crippen molar-refractivity contribution in [2.45, 2.75) is 0 Å². The zero-order chi connectivity index (χ0) is 8.55. The van der Waals surface area contributed by atoms with Crippen molar-refractivity contribution in [1.82, 2.24) is 4.98 Å². The van der Waals surface area contributed by atoms with Crippen molar-refractivity contribution in [3.63, 3.8) is 0 Å². The smallest absolute Gasteiger partial charge is 0.130 e. The Bertz CT molecular complexity index is 411. The van der Waals surface area contributed by atoms with Gasteiger partial charge in [-0.2, -0.15) is 0 Å². The third-order valence-electron chi connectivity index (χ3n) is 1.87. The normalized spacial score (nSPS) is 9.62. The number of nitrogen functional groups attached to an aromatic ring is 1. The standard InChI is InChI=1S/C9H10N2O.ClH/c1-12-9-5-6(10)4-8-7(9)2-3-11-8;/h2-5,11H,10H2,1H3;1H. The van der Waals surface area contributed by atoms with E-state index in [0.29, 0.717) is 5.69 Å². The van der Waals surface area contributed by atoms with Gasteiger partial charge in [0.25, 0.3) is 0 Å². The number of anilines is 1. The van der Waals surface area contributed by atoms with Crippen molar-refractivity contribution in [1.29, 1.82) is 0 Å². The summed E-state index contributed by atoms with van der Waals surface area (Å²) in [5, 5.41) is 1.06. The summed E-state index contributed by atoms with van der Waals surface area (Å²) in [5.41, 5.74) is 7.38. The van der Waals surface area contributed by atoms with Crippen molar-refractivity contribution in [2.24, 2.45) is 0 Å². The van der Waals surface area contributed by atoms with Crippen molar-refractivity contribution in [3.8, 4) is 5.75 Å². The van der Waals surface area contributed by atoms with Gasteiger partial charge in [-0.3, -0.25) is 0 Å². The van der Waals surface area contributed by atoms with Crippen LogP contribution in [0.5, 0.6) is 5.75 Å². The Balaban J connectivity index is 0.000000845. The molecule has 3 nitrogen and oxygen atoms in total. The molecule has 0 aliphatic carbocycles. The fraction of sp³-hybridized carbons (Fsp3) is 0.111. The Morgan fingerprint density at radius 2 is 2.15 bits per heavy atom. The highest BCUT2D eigenvalue weighted by atomic mass is 35.5. The van der Waals surface area contributed by atoms with Crippen molar-refractivity contribution < 1.29 is 4.74 Å². The summed E-state index contributed by atoms with van der Waals surface area (Å²) in [5.74, 6) is 0.811. The molecule has 0 unspecified atom stereocenters.